The van der Waals surface area contributed by atoms with E-state index < -0.39 is 5.66 Å². The van der Waals surface area contributed by atoms with Crippen molar-refractivity contribution >= 4 is 46.7 Å². The van der Waals surface area contributed by atoms with E-state index in [1.165, 1.54) is 0 Å². The molecule has 2 heterocycles. The van der Waals surface area contributed by atoms with Crippen molar-refractivity contribution in [3.05, 3.63) is 53.1 Å². The molecule has 6 nitrogen and oxygen atoms in total. The zero-order valence-corrected chi connectivity index (χ0v) is 17.0. The number of nitrogens with one attached hydrogen (secondary N) is 3. The number of thioether (sulfide) groups is 1. The average molecular weight is 417 g/mol. The van der Waals surface area contributed by atoms with E-state index in [1.54, 1.807) is 34.9 Å². The first-order chi connectivity index (χ1) is 13.5. The van der Waals surface area contributed by atoms with E-state index in [-0.39, 0.29) is 11.9 Å². The van der Waals surface area contributed by atoms with E-state index in [0.29, 0.717) is 36.5 Å². The van der Waals surface area contributed by atoms with Gasteiger partial charge in [-0.1, -0.05) is 11.6 Å². The third-order valence-electron chi connectivity index (χ3n) is 5.20. The van der Waals surface area contributed by atoms with Gasteiger partial charge in [0.25, 0.3) is 5.91 Å². The lowest BCUT2D eigenvalue weighted by Crippen LogP contribution is -2.63. The summed E-state index contributed by atoms with van der Waals surface area (Å²) in [6, 6.07) is 12.8. The third kappa shape index (κ3) is 3.77. The van der Waals surface area contributed by atoms with Crippen molar-refractivity contribution in [1.82, 2.24) is 10.2 Å². The second kappa shape index (κ2) is 7.56. The number of benzene rings is 2. The molecular weight excluding hydrogens is 396 g/mol. The molecule has 1 spiro atoms. The molecule has 0 aliphatic carbocycles. The van der Waals surface area contributed by atoms with Gasteiger partial charge >= 0.3 is 6.03 Å². The Morgan fingerprint density at radius 2 is 1.86 bits per heavy atom. The maximum atomic E-state index is 12.6. The molecule has 2 aromatic rings. The molecule has 0 unspecified atom stereocenters. The Morgan fingerprint density at radius 3 is 2.54 bits per heavy atom. The van der Waals surface area contributed by atoms with Crippen LogP contribution in [0.15, 0.2) is 47.4 Å². The molecule has 2 aliphatic heterocycles. The number of carbonyl (C=O) groups excluding carboxylic acids is 2. The van der Waals surface area contributed by atoms with Gasteiger partial charge in [-0.3, -0.25) is 4.79 Å². The van der Waals surface area contributed by atoms with Crippen molar-refractivity contribution in [3.63, 3.8) is 0 Å². The first kappa shape index (κ1) is 19.0. The van der Waals surface area contributed by atoms with Crippen LogP contribution in [0.25, 0.3) is 0 Å². The van der Waals surface area contributed by atoms with Gasteiger partial charge in [0.1, 0.15) is 5.66 Å². The molecule has 0 atom stereocenters. The molecule has 3 N–H and O–H groups in total. The van der Waals surface area contributed by atoms with Gasteiger partial charge in [-0.2, -0.15) is 0 Å². The summed E-state index contributed by atoms with van der Waals surface area (Å²) in [5.41, 5.74) is 1.55. The van der Waals surface area contributed by atoms with Gasteiger partial charge < -0.3 is 20.9 Å². The second-order valence-corrected chi connectivity index (χ2v) is 8.31. The highest BCUT2D eigenvalue weighted by atomic mass is 35.5. The SMILES string of the molecule is CSc1ccc(NC(=O)N2CCC3(CC2)NC(=O)c2ccc(Cl)cc2N3)cc1. The largest absolute Gasteiger partial charge is 0.362 e. The van der Waals surface area contributed by atoms with Crippen molar-refractivity contribution < 1.29 is 9.59 Å². The number of halogens is 1. The fourth-order valence-corrected chi connectivity index (χ4v) is 4.19. The number of urea groups is 1. The van der Waals surface area contributed by atoms with Crippen molar-refractivity contribution in [2.75, 3.05) is 30.0 Å². The average Bonchev–Trinajstić information content (AvgIpc) is 2.68. The lowest BCUT2D eigenvalue weighted by atomic mass is 9.92. The summed E-state index contributed by atoms with van der Waals surface area (Å²) < 4.78 is 0. The zero-order valence-electron chi connectivity index (χ0n) is 15.4. The molecule has 0 aromatic heterocycles. The number of carbonyl (C=O) groups is 2. The molecule has 3 amide bonds. The molecule has 2 aromatic carbocycles. The number of likely N-dealkylation sites (tertiary alicyclic amines) is 1. The number of piperidine rings is 1. The smallest absolute Gasteiger partial charge is 0.321 e. The molecular formula is C20H21ClN4O2S. The van der Waals surface area contributed by atoms with Crippen LogP contribution in [0.2, 0.25) is 5.02 Å². The second-order valence-electron chi connectivity index (χ2n) is 7.00. The van der Waals surface area contributed by atoms with E-state index in [4.69, 9.17) is 11.6 Å². The summed E-state index contributed by atoms with van der Waals surface area (Å²) in [7, 11) is 0. The maximum Gasteiger partial charge on any atom is 0.321 e. The molecule has 28 heavy (non-hydrogen) atoms. The van der Waals surface area contributed by atoms with Crippen LogP contribution in [0, 0.1) is 0 Å². The van der Waals surface area contributed by atoms with E-state index in [0.717, 1.165) is 16.3 Å². The normalized spacial score (nSPS) is 17.5. The predicted molar refractivity (Wildman–Crippen MR) is 113 cm³/mol. The quantitative estimate of drug-likeness (QED) is 0.640. The van der Waals surface area contributed by atoms with Gasteiger partial charge in [0, 0.05) is 41.5 Å². The van der Waals surface area contributed by atoms with Crippen LogP contribution in [0.5, 0.6) is 0 Å². The molecule has 1 fully saturated rings. The first-order valence-electron chi connectivity index (χ1n) is 9.08. The van der Waals surface area contributed by atoms with E-state index >= 15 is 0 Å². The maximum absolute atomic E-state index is 12.6. The Morgan fingerprint density at radius 1 is 1.14 bits per heavy atom. The van der Waals surface area contributed by atoms with Crippen molar-refractivity contribution in [1.29, 1.82) is 0 Å². The van der Waals surface area contributed by atoms with Crippen molar-refractivity contribution in [3.8, 4) is 0 Å². The van der Waals surface area contributed by atoms with Gasteiger partial charge in [0.05, 0.1) is 11.3 Å². The van der Waals surface area contributed by atoms with Gasteiger partial charge in [0.15, 0.2) is 0 Å². The van der Waals surface area contributed by atoms with Gasteiger partial charge in [-0.15, -0.1) is 11.8 Å². The summed E-state index contributed by atoms with van der Waals surface area (Å²) in [6.07, 6.45) is 3.24. The van der Waals surface area contributed by atoms with Gasteiger partial charge in [-0.05, 0) is 48.7 Å². The minimum atomic E-state index is -0.550. The van der Waals surface area contributed by atoms with E-state index in [9.17, 15) is 9.59 Å². The van der Waals surface area contributed by atoms with Crippen LogP contribution in [-0.2, 0) is 0 Å². The van der Waals surface area contributed by atoms with Crippen LogP contribution < -0.4 is 16.0 Å². The number of fused-ring (bicyclic) bond motifs is 1. The van der Waals surface area contributed by atoms with Crippen LogP contribution >= 0.6 is 23.4 Å². The van der Waals surface area contributed by atoms with Crippen LogP contribution in [0.3, 0.4) is 0 Å². The number of anilines is 2. The van der Waals surface area contributed by atoms with Crippen LogP contribution in [0.4, 0.5) is 16.2 Å². The zero-order chi connectivity index (χ0) is 19.7. The number of rotatable bonds is 2. The van der Waals surface area contributed by atoms with Gasteiger partial charge in [0.2, 0.25) is 0 Å². The molecule has 0 bridgehead atoms. The Balaban J connectivity index is 1.40. The fraction of sp³-hybridized carbons (Fsp3) is 0.300. The van der Waals surface area contributed by atoms with E-state index in [2.05, 4.69) is 16.0 Å². The molecule has 1 saturated heterocycles. The summed E-state index contributed by atoms with van der Waals surface area (Å²) in [4.78, 5) is 28.0. The molecule has 146 valence electrons. The first-order valence-corrected chi connectivity index (χ1v) is 10.7. The number of nitrogens with zero attached hydrogens (tertiary/aromatic N) is 1. The summed E-state index contributed by atoms with van der Waals surface area (Å²) >= 11 is 7.74. The lowest BCUT2D eigenvalue weighted by Gasteiger charge is -2.45. The monoisotopic (exact) mass is 416 g/mol. The highest BCUT2D eigenvalue weighted by molar-refractivity contribution is 7.98. The fourth-order valence-electron chi connectivity index (χ4n) is 3.61. The molecule has 8 heteroatoms. The van der Waals surface area contributed by atoms with E-state index in [1.807, 2.05) is 30.5 Å². The van der Waals surface area contributed by atoms with Crippen molar-refractivity contribution in [2.45, 2.75) is 23.4 Å². The van der Waals surface area contributed by atoms with Crippen LogP contribution in [0.1, 0.15) is 23.2 Å². The summed E-state index contributed by atoms with van der Waals surface area (Å²) in [5.74, 6) is -0.114. The molecule has 0 saturated carbocycles. The number of hydrogen-bond donors (Lipinski definition) is 3. The Hall–Kier alpha value is -2.38. The highest BCUT2D eigenvalue weighted by Gasteiger charge is 2.41. The molecule has 4 rings (SSSR count). The third-order valence-corrected chi connectivity index (χ3v) is 6.18. The standard InChI is InChI=1S/C20H21ClN4O2S/c1-28-15-5-3-14(4-6-15)22-19(27)25-10-8-20(9-11-25)23-17-12-13(21)2-7-16(17)18(26)24-20/h2-7,12,23H,8-11H2,1H3,(H,22,27)(H,24,26). The summed E-state index contributed by atoms with van der Waals surface area (Å²) in [6.45, 7) is 1.08. The van der Waals surface area contributed by atoms with Crippen LogP contribution in [-0.4, -0.2) is 41.8 Å². The predicted octanol–water partition coefficient (Wildman–Crippen LogP) is 4.24. The highest BCUT2D eigenvalue weighted by Crippen LogP contribution is 2.33. The number of hydrogen-bond acceptors (Lipinski definition) is 4. The lowest BCUT2D eigenvalue weighted by molar-refractivity contribution is 0.0852. The minimum absolute atomic E-state index is 0.114. The Labute approximate surface area is 173 Å². The Kier molecular flexibility index (Phi) is 5.12. The van der Waals surface area contributed by atoms with Gasteiger partial charge in [-0.25, -0.2) is 4.79 Å². The molecule has 2 aliphatic rings. The minimum Gasteiger partial charge on any atom is -0.362 e. The van der Waals surface area contributed by atoms with Crippen molar-refractivity contribution in [2.24, 2.45) is 0 Å². The molecule has 0 radical (unpaired) electrons. The summed E-state index contributed by atoms with van der Waals surface area (Å²) in [5, 5.41) is 10.0. The Bertz CT molecular complexity index is 911. The topological polar surface area (TPSA) is 73.5 Å². The number of amides is 3.